The Morgan fingerprint density at radius 1 is 0.787 bits per heavy atom. The Bertz CT molecular complexity index is 1800. The van der Waals surface area contributed by atoms with E-state index in [1.807, 2.05) is 48.5 Å². The summed E-state index contributed by atoms with van der Waals surface area (Å²) in [5.41, 5.74) is 7.18. The molecular weight excluding hydrogens is 607 g/mol. The van der Waals surface area contributed by atoms with E-state index in [0.29, 0.717) is 18.7 Å². The molecule has 0 bridgehead atoms. The maximum absolute atomic E-state index is 13.2. The summed E-state index contributed by atoms with van der Waals surface area (Å²) < 4.78 is 34.0. The number of carboxylic acids is 1. The van der Waals surface area contributed by atoms with Crippen LogP contribution in [-0.4, -0.2) is 75.7 Å². The van der Waals surface area contributed by atoms with Crippen molar-refractivity contribution in [1.29, 1.82) is 0 Å². The van der Waals surface area contributed by atoms with Crippen molar-refractivity contribution < 1.29 is 27.9 Å². The third-order valence-corrected chi connectivity index (χ3v) is 7.94. The number of likely N-dealkylation sites (N-methyl/N-ethyl adjacent to an activating group) is 1. The number of carbonyl (C=O) groups is 2. The molecule has 1 fully saturated rings. The average Bonchev–Trinajstić information content (AvgIpc) is 3.44. The molecule has 2 N–H and O–H groups in total. The molecule has 0 aliphatic carbocycles. The molecule has 1 aliphatic heterocycles. The fourth-order valence-corrected chi connectivity index (χ4v) is 5.33. The molecule has 0 unspecified atom stereocenters. The summed E-state index contributed by atoms with van der Waals surface area (Å²) in [7, 11) is 2.18. The number of imidazole rings is 1. The number of nitrogens with zero attached hydrogens (tertiary/aromatic N) is 4. The van der Waals surface area contributed by atoms with E-state index >= 15 is 0 Å². The molecule has 4 aromatic carbocycles. The molecule has 47 heavy (non-hydrogen) atoms. The van der Waals surface area contributed by atoms with Gasteiger partial charge in [0.15, 0.2) is 0 Å². The van der Waals surface area contributed by atoms with Crippen LogP contribution in [0, 0.1) is 0 Å². The van der Waals surface area contributed by atoms with Crippen LogP contribution in [0.2, 0.25) is 0 Å². The number of fused-ring (bicyclic) bond motifs is 1. The highest BCUT2D eigenvalue weighted by atomic mass is 19.4. The van der Waals surface area contributed by atoms with Gasteiger partial charge in [0.25, 0.3) is 5.91 Å². The second-order valence-electron chi connectivity index (χ2n) is 11.5. The number of rotatable bonds is 8. The first-order chi connectivity index (χ1) is 22.6. The largest absolute Gasteiger partial charge is 0.490 e. The quantitative estimate of drug-likeness (QED) is 0.214. The van der Waals surface area contributed by atoms with Crippen molar-refractivity contribution in [1.82, 2.24) is 24.7 Å². The highest BCUT2D eigenvalue weighted by molar-refractivity contribution is 5.95. The molecule has 1 amide bonds. The first kappa shape index (κ1) is 33.4. The zero-order valence-corrected chi connectivity index (χ0v) is 26.0. The van der Waals surface area contributed by atoms with Crippen molar-refractivity contribution in [3.8, 4) is 11.4 Å². The molecule has 0 radical (unpaired) electrons. The highest BCUT2D eigenvalue weighted by Crippen LogP contribution is 2.27. The zero-order valence-electron chi connectivity index (χ0n) is 26.0. The number of halogens is 3. The lowest BCUT2D eigenvalue weighted by molar-refractivity contribution is -0.192. The molecule has 0 atom stereocenters. The molecule has 2 heterocycles. The number of carboxylic acid groups (broad SMARTS) is 1. The van der Waals surface area contributed by atoms with E-state index in [1.54, 1.807) is 0 Å². The van der Waals surface area contributed by atoms with Gasteiger partial charge in [-0.15, -0.1) is 0 Å². The lowest BCUT2D eigenvalue weighted by Gasteiger charge is -2.32. The van der Waals surface area contributed by atoms with Gasteiger partial charge >= 0.3 is 12.1 Å². The van der Waals surface area contributed by atoms with Crippen molar-refractivity contribution in [3.05, 3.63) is 125 Å². The SMILES string of the molecule is CN1CCN(Cc2ccc(CNC(=O)c3cccc(-c4nc5ccccc5n4Cc4ccccc4)c3)cc2)CC1.O=C(O)C(F)(F)F. The molecule has 1 aromatic heterocycles. The first-order valence-corrected chi connectivity index (χ1v) is 15.2. The summed E-state index contributed by atoms with van der Waals surface area (Å²) in [4.78, 5) is 31.9. The van der Waals surface area contributed by atoms with Crippen LogP contribution in [0.1, 0.15) is 27.0 Å². The Morgan fingerprint density at radius 2 is 1.40 bits per heavy atom. The smallest absolute Gasteiger partial charge is 0.475 e. The summed E-state index contributed by atoms with van der Waals surface area (Å²) in [5.74, 6) is -1.99. The van der Waals surface area contributed by atoms with Gasteiger partial charge in [0.05, 0.1) is 11.0 Å². The molecule has 11 heteroatoms. The van der Waals surface area contributed by atoms with Crippen LogP contribution in [0.5, 0.6) is 0 Å². The number of hydrogen-bond donors (Lipinski definition) is 2. The van der Waals surface area contributed by atoms with E-state index in [1.165, 1.54) is 11.1 Å². The van der Waals surface area contributed by atoms with Gasteiger partial charge in [-0.3, -0.25) is 9.69 Å². The van der Waals surface area contributed by atoms with E-state index in [0.717, 1.165) is 60.7 Å². The Morgan fingerprint density at radius 3 is 2.09 bits per heavy atom. The van der Waals surface area contributed by atoms with Crippen molar-refractivity contribution in [2.75, 3.05) is 33.2 Å². The van der Waals surface area contributed by atoms with Crippen molar-refractivity contribution in [2.24, 2.45) is 0 Å². The third kappa shape index (κ3) is 9.05. The second-order valence-corrected chi connectivity index (χ2v) is 11.5. The molecule has 1 aliphatic rings. The number of hydrogen-bond acceptors (Lipinski definition) is 5. The van der Waals surface area contributed by atoms with Crippen LogP contribution >= 0.6 is 0 Å². The maximum atomic E-state index is 13.2. The van der Waals surface area contributed by atoms with E-state index < -0.39 is 12.1 Å². The molecule has 6 rings (SSSR count). The minimum atomic E-state index is -5.08. The van der Waals surface area contributed by atoms with Crippen molar-refractivity contribution in [3.63, 3.8) is 0 Å². The van der Waals surface area contributed by atoms with Crippen molar-refractivity contribution in [2.45, 2.75) is 25.8 Å². The predicted octanol–water partition coefficient (Wildman–Crippen LogP) is 6.06. The molecule has 0 saturated carbocycles. The fraction of sp³-hybridized carbons (Fsp3) is 0.250. The molecule has 8 nitrogen and oxygen atoms in total. The minimum absolute atomic E-state index is 0.0888. The molecular formula is C36H36F3N5O3. The second kappa shape index (κ2) is 15.1. The topological polar surface area (TPSA) is 90.7 Å². The minimum Gasteiger partial charge on any atom is -0.475 e. The Kier molecular flexibility index (Phi) is 10.7. The van der Waals surface area contributed by atoms with E-state index in [-0.39, 0.29) is 5.91 Å². The zero-order chi connectivity index (χ0) is 33.4. The van der Waals surface area contributed by atoms with Gasteiger partial charge < -0.3 is 19.9 Å². The number of nitrogens with one attached hydrogen (secondary N) is 1. The lowest BCUT2D eigenvalue weighted by atomic mass is 10.1. The summed E-state index contributed by atoms with van der Waals surface area (Å²) in [6.45, 7) is 6.63. The number of alkyl halides is 3. The monoisotopic (exact) mass is 643 g/mol. The highest BCUT2D eigenvalue weighted by Gasteiger charge is 2.38. The number of para-hydroxylation sites is 2. The van der Waals surface area contributed by atoms with Crippen LogP contribution in [0.3, 0.4) is 0 Å². The van der Waals surface area contributed by atoms with Gasteiger partial charge in [0.2, 0.25) is 0 Å². The van der Waals surface area contributed by atoms with E-state index in [9.17, 15) is 18.0 Å². The van der Waals surface area contributed by atoms with Gasteiger partial charge in [-0.2, -0.15) is 13.2 Å². The van der Waals surface area contributed by atoms with Gasteiger partial charge in [-0.1, -0.05) is 78.9 Å². The Labute approximate surface area is 271 Å². The number of aromatic nitrogens is 2. The van der Waals surface area contributed by atoms with Crippen molar-refractivity contribution >= 4 is 22.9 Å². The van der Waals surface area contributed by atoms with E-state index in [2.05, 4.69) is 81.3 Å². The van der Waals surface area contributed by atoms with Gasteiger partial charge in [-0.25, -0.2) is 9.78 Å². The standard InChI is InChI=1S/C34H35N5O.C2HF3O2/c1-37-18-20-38(21-19-37)24-28-16-14-26(15-17-28)23-35-34(40)30-11-7-10-29(22-30)33-36-31-12-5-6-13-32(31)39(33)25-27-8-3-2-4-9-27;3-2(4,5)1(6)7/h2-17,22H,18-21,23-25H2,1H3,(H,35,40);(H,6,7). The number of amides is 1. The van der Waals surface area contributed by atoms with Gasteiger partial charge in [-0.05, 0) is 48.0 Å². The summed E-state index contributed by atoms with van der Waals surface area (Å²) in [6, 6.07) is 34.9. The molecule has 5 aromatic rings. The number of benzene rings is 4. The first-order valence-electron chi connectivity index (χ1n) is 15.2. The van der Waals surface area contributed by atoms with Gasteiger partial charge in [0.1, 0.15) is 5.82 Å². The van der Waals surface area contributed by atoms with Crippen LogP contribution in [0.25, 0.3) is 22.4 Å². The molecule has 244 valence electrons. The van der Waals surface area contributed by atoms with Crippen LogP contribution < -0.4 is 5.32 Å². The molecule has 1 saturated heterocycles. The number of carbonyl (C=O) groups excluding carboxylic acids is 1. The van der Waals surface area contributed by atoms with Gasteiger partial charge in [0, 0.05) is 56.9 Å². The Hall–Kier alpha value is -5.00. The maximum Gasteiger partial charge on any atom is 0.490 e. The molecule has 0 spiro atoms. The predicted molar refractivity (Wildman–Crippen MR) is 175 cm³/mol. The van der Waals surface area contributed by atoms with Crippen LogP contribution in [-0.2, 0) is 24.4 Å². The summed E-state index contributed by atoms with van der Waals surface area (Å²) in [5, 5.41) is 10.2. The summed E-state index contributed by atoms with van der Waals surface area (Å²) >= 11 is 0. The van der Waals surface area contributed by atoms with Crippen LogP contribution in [0.15, 0.2) is 103 Å². The third-order valence-electron chi connectivity index (χ3n) is 7.94. The Balaban J connectivity index is 0.000000559. The van der Waals surface area contributed by atoms with Crippen LogP contribution in [0.4, 0.5) is 13.2 Å². The average molecular weight is 644 g/mol. The van der Waals surface area contributed by atoms with E-state index in [4.69, 9.17) is 14.9 Å². The fourth-order valence-electron chi connectivity index (χ4n) is 5.33. The number of piperazine rings is 1. The summed E-state index contributed by atoms with van der Waals surface area (Å²) in [6.07, 6.45) is -5.08. The number of aliphatic carboxylic acids is 1. The lowest BCUT2D eigenvalue weighted by Crippen LogP contribution is -2.43. The normalized spacial score (nSPS) is 14.0.